The summed E-state index contributed by atoms with van der Waals surface area (Å²) < 4.78 is 13.1. The van der Waals surface area contributed by atoms with Crippen molar-refractivity contribution in [1.82, 2.24) is 0 Å². The van der Waals surface area contributed by atoms with Crippen molar-refractivity contribution in [3.63, 3.8) is 0 Å². The quantitative estimate of drug-likeness (QED) is 0.315. The molecule has 4 rings (SSSR count). The zero-order valence-corrected chi connectivity index (χ0v) is 25.8. The molecule has 1 aliphatic rings. The fourth-order valence-corrected chi connectivity index (χ4v) is 6.10. The maximum atomic E-state index is 12.4. The van der Waals surface area contributed by atoms with Crippen LogP contribution in [-0.2, 0) is 12.0 Å². The average molecular weight is 535 g/mol. The third-order valence-electron chi connectivity index (χ3n) is 8.67. The molecule has 4 nitrogen and oxygen atoms in total. The summed E-state index contributed by atoms with van der Waals surface area (Å²) in [7, 11) is -4.44. The standard InChI is InChI=1S/C31H42O4Si2/c1-29(2,3)37(8,9)35-24-16-18-26-28(20-24)34-27-19-22(21-30(4,5)36(6,7)33)15-17-25(27)31(26,32)23-13-11-10-12-14-23/h10-20,32-33H,21H2,1-9H3. The second-order valence-corrected chi connectivity index (χ2v) is 22.3. The number of aliphatic hydroxyl groups is 1. The molecule has 0 saturated heterocycles. The van der Waals surface area contributed by atoms with Crippen molar-refractivity contribution in [3.8, 4) is 17.2 Å². The average Bonchev–Trinajstić information content (AvgIpc) is 2.77. The highest BCUT2D eigenvalue weighted by Crippen LogP contribution is 2.52. The number of ether oxygens (including phenoxy) is 1. The molecule has 1 atom stereocenters. The zero-order chi connectivity index (χ0) is 27.4. The Hall–Kier alpha value is -2.39. The van der Waals surface area contributed by atoms with E-state index in [1.807, 2.05) is 73.8 Å². The van der Waals surface area contributed by atoms with Gasteiger partial charge in [-0.2, -0.15) is 0 Å². The van der Waals surface area contributed by atoms with E-state index in [2.05, 4.69) is 53.8 Å². The molecule has 0 aromatic heterocycles. The number of hydrogen-bond acceptors (Lipinski definition) is 4. The molecule has 2 N–H and O–H groups in total. The highest BCUT2D eigenvalue weighted by molar-refractivity contribution is 6.74. The Morgan fingerprint density at radius 2 is 1.38 bits per heavy atom. The summed E-state index contributed by atoms with van der Waals surface area (Å²) in [5.74, 6) is 1.99. The second-order valence-electron chi connectivity index (χ2n) is 13.1. The van der Waals surface area contributed by atoms with Gasteiger partial charge in [0.25, 0.3) is 0 Å². The number of hydrogen-bond donors (Lipinski definition) is 2. The van der Waals surface area contributed by atoms with Crippen LogP contribution in [-0.4, -0.2) is 26.5 Å². The van der Waals surface area contributed by atoms with Gasteiger partial charge in [0.2, 0.25) is 8.32 Å². The van der Waals surface area contributed by atoms with E-state index in [4.69, 9.17) is 9.16 Å². The van der Waals surface area contributed by atoms with Gasteiger partial charge in [-0.3, -0.25) is 0 Å². The van der Waals surface area contributed by atoms with E-state index in [0.717, 1.165) is 23.3 Å². The molecule has 1 heterocycles. The zero-order valence-electron chi connectivity index (χ0n) is 23.8. The van der Waals surface area contributed by atoms with Crippen LogP contribution in [0, 0.1) is 0 Å². The van der Waals surface area contributed by atoms with Gasteiger partial charge in [-0.05, 0) is 72.0 Å². The van der Waals surface area contributed by atoms with Crippen molar-refractivity contribution in [2.45, 2.75) is 82.9 Å². The lowest BCUT2D eigenvalue weighted by molar-refractivity contribution is 0.112. The number of fused-ring (bicyclic) bond motifs is 2. The molecule has 0 radical (unpaired) electrons. The highest BCUT2D eigenvalue weighted by Gasteiger charge is 2.44. The summed E-state index contributed by atoms with van der Waals surface area (Å²) in [5.41, 5.74) is 1.91. The predicted molar refractivity (Wildman–Crippen MR) is 157 cm³/mol. The summed E-state index contributed by atoms with van der Waals surface area (Å²) >= 11 is 0. The van der Waals surface area contributed by atoms with E-state index in [1.165, 1.54) is 0 Å². The summed E-state index contributed by atoms with van der Waals surface area (Å²) in [6.45, 7) is 19.3. The first-order valence-electron chi connectivity index (χ1n) is 13.1. The maximum Gasteiger partial charge on any atom is 0.250 e. The minimum atomic E-state index is -2.39. The van der Waals surface area contributed by atoms with E-state index in [9.17, 15) is 9.90 Å². The molecular formula is C31H42O4Si2. The lowest BCUT2D eigenvalue weighted by Crippen LogP contribution is -2.43. The van der Waals surface area contributed by atoms with Gasteiger partial charge in [0.15, 0.2) is 8.32 Å². The van der Waals surface area contributed by atoms with E-state index in [-0.39, 0.29) is 10.1 Å². The largest absolute Gasteiger partial charge is 0.543 e. The summed E-state index contributed by atoms with van der Waals surface area (Å²) in [5, 5.41) is 12.3. The lowest BCUT2D eigenvalue weighted by atomic mass is 9.77. The van der Waals surface area contributed by atoms with Crippen LogP contribution in [0.3, 0.4) is 0 Å². The Morgan fingerprint density at radius 3 is 1.95 bits per heavy atom. The Kier molecular flexibility index (Phi) is 6.81. The van der Waals surface area contributed by atoms with Crippen LogP contribution < -0.4 is 9.16 Å². The maximum absolute atomic E-state index is 12.4. The number of rotatable bonds is 6. The molecule has 37 heavy (non-hydrogen) atoms. The van der Waals surface area contributed by atoms with Crippen LogP contribution >= 0.6 is 0 Å². The molecule has 0 spiro atoms. The minimum absolute atomic E-state index is 0.0621. The molecule has 1 unspecified atom stereocenters. The van der Waals surface area contributed by atoms with Crippen molar-refractivity contribution in [2.24, 2.45) is 0 Å². The van der Waals surface area contributed by atoms with E-state index in [1.54, 1.807) is 0 Å². The van der Waals surface area contributed by atoms with Crippen LogP contribution in [0.25, 0.3) is 0 Å². The molecular weight excluding hydrogens is 493 g/mol. The van der Waals surface area contributed by atoms with Crippen molar-refractivity contribution in [1.29, 1.82) is 0 Å². The van der Waals surface area contributed by atoms with Crippen LogP contribution in [0.1, 0.15) is 56.9 Å². The highest BCUT2D eigenvalue weighted by atomic mass is 28.4. The van der Waals surface area contributed by atoms with Crippen molar-refractivity contribution >= 4 is 16.6 Å². The summed E-state index contributed by atoms with van der Waals surface area (Å²) in [6.07, 6.45) is 0.727. The molecule has 6 heteroatoms. The Bertz CT molecular complexity index is 1210. The summed E-state index contributed by atoms with van der Waals surface area (Å²) in [4.78, 5) is 10.8. The predicted octanol–water partition coefficient (Wildman–Crippen LogP) is 7.98. The van der Waals surface area contributed by atoms with Crippen LogP contribution in [0.15, 0.2) is 66.7 Å². The third kappa shape index (κ3) is 5.04. The van der Waals surface area contributed by atoms with Crippen LogP contribution in [0.4, 0.5) is 0 Å². The molecule has 0 bridgehead atoms. The molecule has 0 fully saturated rings. The van der Waals surface area contributed by atoms with Gasteiger partial charge in [0, 0.05) is 17.2 Å². The minimum Gasteiger partial charge on any atom is -0.543 e. The molecule has 3 aromatic carbocycles. The fraction of sp³-hybridized carbons (Fsp3) is 0.419. The second kappa shape index (κ2) is 9.12. The van der Waals surface area contributed by atoms with Crippen molar-refractivity contribution < 1.29 is 19.1 Å². The van der Waals surface area contributed by atoms with Crippen LogP contribution in [0.2, 0.25) is 36.3 Å². The smallest absolute Gasteiger partial charge is 0.250 e. The molecule has 0 amide bonds. The van der Waals surface area contributed by atoms with Crippen LogP contribution in [0.5, 0.6) is 17.2 Å². The van der Waals surface area contributed by atoms with Gasteiger partial charge < -0.3 is 19.1 Å². The van der Waals surface area contributed by atoms with Gasteiger partial charge in [-0.15, -0.1) is 0 Å². The SMILES string of the molecule is CC(C)(Cc1ccc2c(c1)Oc1cc(O[Si](C)(C)C(C)(C)C)ccc1C2(O)c1ccccc1)[Si](C)(C)O. The first-order valence-corrected chi connectivity index (χ1v) is 19.0. The fourth-order valence-electron chi connectivity index (χ4n) is 4.44. The first kappa shape index (κ1) is 27.6. The Labute approximate surface area is 224 Å². The Morgan fingerprint density at radius 1 is 0.811 bits per heavy atom. The third-order valence-corrected chi connectivity index (χ3v) is 16.5. The molecule has 1 aliphatic heterocycles. The molecule has 3 aromatic rings. The van der Waals surface area contributed by atoms with E-state index < -0.39 is 22.2 Å². The topological polar surface area (TPSA) is 58.9 Å². The lowest BCUT2D eigenvalue weighted by Gasteiger charge is -2.39. The molecule has 198 valence electrons. The van der Waals surface area contributed by atoms with Crippen molar-refractivity contribution in [2.75, 3.05) is 0 Å². The van der Waals surface area contributed by atoms with E-state index in [0.29, 0.717) is 22.6 Å². The van der Waals surface area contributed by atoms with Gasteiger partial charge in [-0.25, -0.2) is 0 Å². The van der Waals surface area contributed by atoms with Gasteiger partial charge in [0.05, 0.1) is 0 Å². The Balaban J connectivity index is 1.83. The van der Waals surface area contributed by atoms with Crippen molar-refractivity contribution in [3.05, 3.63) is 89.0 Å². The summed E-state index contributed by atoms with van der Waals surface area (Å²) in [6, 6.07) is 21.6. The number of benzene rings is 3. The van der Waals surface area contributed by atoms with E-state index >= 15 is 0 Å². The normalized spacial score (nSPS) is 18.0. The van der Waals surface area contributed by atoms with Gasteiger partial charge >= 0.3 is 0 Å². The molecule has 0 saturated carbocycles. The first-order chi connectivity index (χ1) is 17.0. The van der Waals surface area contributed by atoms with Gasteiger partial charge in [0.1, 0.15) is 22.8 Å². The monoisotopic (exact) mass is 534 g/mol. The van der Waals surface area contributed by atoms with Gasteiger partial charge in [-0.1, -0.05) is 77.1 Å². The molecule has 0 aliphatic carbocycles.